The van der Waals surface area contributed by atoms with Gasteiger partial charge in [0.25, 0.3) is 0 Å². The fourth-order valence-electron chi connectivity index (χ4n) is 4.07. The van der Waals surface area contributed by atoms with Crippen molar-refractivity contribution in [3.8, 4) is 11.8 Å². The van der Waals surface area contributed by atoms with E-state index in [0.29, 0.717) is 4.88 Å². The summed E-state index contributed by atoms with van der Waals surface area (Å²) in [5, 5.41) is 31.2. The molecule has 1 aromatic carbocycles. The highest BCUT2D eigenvalue weighted by molar-refractivity contribution is 7.20. The molecule has 2 heterocycles. The summed E-state index contributed by atoms with van der Waals surface area (Å²) in [6.07, 6.45) is 1.74. The van der Waals surface area contributed by atoms with Gasteiger partial charge in [0.1, 0.15) is 5.75 Å². The molecule has 1 aromatic heterocycles. The smallest absolute Gasteiger partial charge is 0.239 e. The maximum absolute atomic E-state index is 13.2. The second-order valence-electron chi connectivity index (χ2n) is 7.89. The normalized spacial score (nSPS) is 25.9. The van der Waals surface area contributed by atoms with Crippen molar-refractivity contribution in [2.24, 2.45) is 0 Å². The summed E-state index contributed by atoms with van der Waals surface area (Å²) in [5.41, 5.74) is 0.450. The van der Waals surface area contributed by atoms with Crippen molar-refractivity contribution in [3.63, 3.8) is 0 Å². The molecule has 2 aromatic rings. The molecule has 3 N–H and O–H groups in total. The average molecular weight is 392 g/mol. The number of amides is 1. The molecular formula is C20H21BN4O2S. The lowest BCUT2D eigenvalue weighted by atomic mass is 9.76. The van der Waals surface area contributed by atoms with Crippen LogP contribution >= 0.6 is 11.3 Å². The molecule has 2 fully saturated rings. The molecule has 28 heavy (non-hydrogen) atoms. The number of likely N-dealkylation sites (N-methyl/N-ethyl adjacent to an activating group) is 1. The molecule has 1 saturated heterocycles. The number of hydrogen-bond donors (Lipinski definition) is 3. The van der Waals surface area contributed by atoms with Crippen LogP contribution in [0.15, 0.2) is 30.3 Å². The first-order valence-corrected chi connectivity index (χ1v) is 9.99. The Morgan fingerprint density at radius 1 is 1.39 bits per heavy atom. The van der Waals surface area contributed by atoms with Gasteiger partial charge in [-0.25, -0.2) is 0 Å². The van der Waals surface area contributed by atoms with Gasteiger partial charge in [-0.15, -0.1) is 11.3 Å². The number of hydrogen-bond acceptors (Lipinski definition) is 5. The maximum Gasteiger partial charge on any atom is 0.239 e. The van der Waals surface area contributed by atoms with Crippen LogP contribution in [0.5, 0.6) is 5.75 Å². The van der Waals surface area contributed by atoms with Crippen LogP contribution in [0.25, 0.3) is 0 Å². The van der Waals surface area contributed by atoms with Gasteiger partial charge >= 0.3 is 0 Å². The number of thiophene rings is 1. The third-order valence-electron chi connectivity index (χ3n) is 5.94. The lowest BCUT2D eigenvalue weighted by molar-refractivity contribution is -0.131. The molecule has 8 heteroatoms. The third kappa shape index (κ3) is 2.61. The minimum Gasteiger partial charge on any atom is -0.507 e. The molecule has 1 saturated carbocycles. The highest BCUT2D eigenvalue weighted by Gasteiger charge is 2.51. The van der Waals surface area contributed by atoms with Gasteiger partial charge in [0, 0.05) is 7.05 Å². The van der Waals surface area contributed by atoms with Crippen LogP contribution in [0.4, 0.5) is 0 Å². The number of guanidine groups is 1. The predicted octanol–water partition coefficient (Wildman–Crippen LogP) is 1.26. The van der Waals surface area contributed by atoms with E-state index in [1.54, 1.807) is 13.1 Å². The molecule has 1 amide bonds. The molecule has 1 unspecified atom stereocenters. The minimum absolute atomic E-state index is 0.00670. The Labute approximate surface area is 168 Å². The fourth-order valence-corrected chi connectivity index (χ4v) is 5.11. The van der Waals surface area contributed by atoms with Crippen LogP contribution in [-0.2, 0) is 15.7 Å². The van der Waals surface area contributed by atoms with Crippen molar-refractivity contribution in [1.82, 2.24) is 10.2 Å². The largest absolute Gasteiger partial charge is 0.507 e. The van der Waals surface area contributed by atoms with Gasteiger partial charge in [-0.1, -0.05) is 24.3 Å². The van der Waals surface area contributed by atoms with Crippen molar-refractivity contribution >= 4 is 35.8 Å². The molecule has 1 aliphatic heterocycles. The van der Waals surface area contributed by atoms with Crippen LogP contribution in [0, 0.1) is 16.7 Å². The number of nitrogens with one attached hydrogen (secondary N) is 2. The first-order valence-electron chi connectivity index (χ1n) is 9.18. The van der Waals surface area contributed by atoms with Crippen LogP contribution in [0.3, 0.4) is 0 Å². The van der Waals surface area contributed by atoms with E-state index < -0.39 is 11.5 Å². The quantitative estimate of drug-likeness (QED) is 0.685. The Balaban J connectivity index is 1.81. The van der Waals surface area contributed by atoms with Gasteiger partial charge in [-0.05, 0) is 41.7 Å². The van der Waals surface area contributed by atoms with Crippen molar-refractivity contribution in [3.05, 3.63) is 46.3 Å². The summed E-state index contributed by atoms with van der Waals surface area (Å²) < 4.78 is 0.937. The second-order valence-corrected chi connectivity index (χ2v) is 9.15. The number of carbonyl (C=O) groups excluding carboxylic acids is 1. The topological polar surface area (TPSA) is 100 Å². The van der Waals surface area contributed by atoms with Gasteiger partial charge in [-0.2, -0.15) is 5.26 Å². The summed E-state index contributed by atoms with van der Waals surface area (Å²) in [4.78, 5) is 15.2. The van der Waals surface area contributed by atoms with E-state index in [-0.39, 0.29) is 23.0 Å². The highest BCUT2D eigenvalue weighted by atomic mass is 32.1. The first kappa shape index (κ1) is 18.6. The Bertz CT molecular complexity index is 1020. The Morgan fingerprint density at radius 3 is 2.54 bits per heavy atom. The van der Waals surface area contributed by atoms with E-state index in [1.165, 1.54) is 16.2 Å². The van der Waals surface area contributed by atoms with E-state index in [0.717, 1.165) is 28.7 Å². The van der Waals surface area contributed by atoms with Crippen molar-refractivity contribution in [2.45, 2.75) is 36.6 Å². The molecule has 2 aliphatic rings. The molecule has 1 aliphatic carbocycles. The lowest BCUT2D eigenvalue weighted by Gasteiger charge is -2.45. The average Bonchev–Trinajstić information content (AvgIpc) is 3.38. The Morgan fingerprint density at radius 2 is 2.04 bits per heavy atom. The number of nitriles is 1. The van der Waals surface area contributed by atoms with Crippen molar-refractivity contribution < 1.29 is 9.90 Å². The maximum atomic E-state index is 13.2. The SMILES string of the molecule is Bc1cc(O)c([C@@]2(C)NC(=N)N(C)C(=O)C2c2ccc(C3(C#N)CC3)cc2)s1. The Hall–Kier alpha value is -2.79. The summed E-state index contributed by atoms with van der Waals surface area (Å²) in [6.45, 7) is 1.85. The molecule has 0 spiro atoms. The first-order chi connectivity index (χ1) is 13.2. The molecule has 6 nitrogen and oxygen atoms in total. The zero-order valence-electron chi connectivity index (χ0n) is 16.0. The third-order valence-corrected chi connectivity index (χ3v) is 7.21. The van der Waals surface area contributed by atoms with Crippen LogP contribution in [-0.4, -0.2) is 36.8 Å². The lowest BCUT2D eigenvalue weighted by Crippen LogP contribution is -2.62. The highest BCUT2D eigenvalue weighted by Crippen LogP contribution is 2.49. The van der Waals surface area contributed by atoms with Crippen LogP contribution in [0.1, 0.15) is 41.7 Å². The molecule has 0 bridgehead atoms. The number of rotatable bonds is 3. The summed E-state index contributed by atoms with van der Waals surface area (Å²) in [7, 11) is 3.48. The minimum atomic E-state index is -0.947. The fraction of sp³-hybridized carbons (Fsp3) is 0.350. The van der Waals surface area contributed by atoms with Crippen LogP contribution in [0.2, 0.25) is 0 Å². The predicted molar refractivity (Wildman–Crippen MR) is 111 cm³/mol. The van der Waals surface area contributed by atoms with Crippen molar-refractivity contribution in [1.29, 1.82) is 10.7 Å². The Kier molecular flexibility index (Phi) is 4.05. The van der Waals surface area contributed by atoms with Gasteiger partial charge in [0.2, 0.25) is 5.91 Å². The zero-order valence-corrected chi connectivity index (χ0v) is 16.9. The number of benzene rings is 1. The van der Waals surface area contributed by atoms with E-state index in [4.69, 9.17) is 5.41 Å². The molecule has 4 rings (SSSR count). The van der Waals surface area contributed by atoms with Crippen LogP contribution < -0.4 is 10.1 Å². The summed E-state index contributed by atoms with van der Waals surface area (Å²) in [5.74, 6) is -0.675. The standard InChI is InChI=1S/C20H21BN4O2S/c1-19(16-13(26)9-14(21)28-16)15(17(27)25(2)18(23)24-19)11-3-5-12(6-4-11)20(10-22)7-8-20/h3-6,9,15,26H,7-8,21H2,1-2H3,(H2,23,24)/t15?,19-/m0/s1. The van der Waals surface area contributed by atoms with Gasteiger partial charge in [0.05, 0.1) is 27.8 Å². The molecular weight excluding hydrogens is 371 g/mol. The number of nitrogens with zero attached hydrogens (tertiary/aromatic N) is 2. The summed E-state index contributed by atoms with van der Waals surface area (Å²) in [6, 6.07) is 11.7. The second kappa shape index (κ2) is 6.11. The number of aromatic hydroxyl groups is 1. The van der Waals surface area contributed by atoms with Gasteiger partial charge in [-0.3, -0.25) is 15.1 Å². The molecule has 2 atom stereocenters. The number of carbonyl (C=O) groups is 1. The monoisotopic (exact) mass is 392 g/mol. The summed E-state index contributed by atoms with van der Waals surface area (Å²) >= 11 is 1.42. The molecule has 0 radical (unpaired) electrons. The van der Waals surface area contributed by atoms with E-state index in [1.807, 2.05) is 39.0 Å². The van der Waals surface area contributed by atoms with Gasteiger partial charge < -0.3 is 10.4 Å². The van der Waals surface area contributed by atoms with E-state index >= 15 is 0 Å². The van der Waals surface area contributed by atoms with E-state index in [2.05, 4.69) is 11.4 Å². The van der Waals surface area contributed by atoms with E-state index in [9.17, 15) is 15.2 Å². The molecule has 142 valence electrons. The zero-order chi connectivity index (χ0) is 20.3. The van der Waals surface area contributed by atoms with Gasteiger partial charge in [0.15, 0.2) is 13.8 Å². The van der Waals surface area contributed by atoms with Crippen molar-refractivity contribution in [2.75, 3.05) is 7.05 Å².